The third-order valence-corrected chi connectivity index (χ3v) is 16.7. The second kappa shape index (κ2) is 30.7. The van der Waals surface area contributed by atoms with E-state index in [-0.39, 0.29) is 47.0 Å². The van der Waals surface area contributed by atoms with E-state index in [1.165, 1.54) is 72.8 Å². The quantitative estimate of drug-likeness (QED) is 0.0544. The number of aliphatic hydroxyl groups excluding tert-OH is 1. The maximum absolute atomic E-state index is 14.6. The second-order valence-electron chi connectivity index (χ2n) is 23.9. The Bertz CT molecular complexity index is 5240. The van der Waals surface area contributed by atoms with Gasteiger partial charge in [-0.1, -0.05) is 72.8 Å². The molecule has 1 unspecified atom stereocenters. The van der Waals surface area contributed by atoms with Crippen LogP contribution in [0.25, 0.3) is 92.2 Å². The number of halogens is 8. The molecule has 101 heavy (non-hydrogen) atoms. The highest BCUT2D eigenvalue weighted by atomic mass is 19.2. The second-order valence-corrected chi connectivity index (χ2v) is 23.9. The molecule has 8 N–H and O–H groups in total. The zero-order valence-electron chi connectivity index (χ0n) is 54.1. The van der Waals surface area contributed by atoms with Gasteiger partial charge in [0, 0.05) is 91.6 Å². The molecule has 0 amide bonds. The van der Waals surface area contributed by atoms with Crippen molar-refractivity contribution in [1.82, 2.24) is 61.6 Å². The fourth-order valence-corrected chi connectivity index (χ4v) is 11.5. The lowest BCUT2D eigenvalue weighted by atomic mass is 10.1. The number of aromatic nitrogens is 8. The molecule has 0 bridgehead atoms. The average molecular weight is 1370 g/mol. The highest BCUT2D eigenvalue weighted by Gasteiger charge is 2.22. The zero-order chi connectivity index (χ0) is 69.9. The van der Waals surface area contributed by atoms with Crippen molar-refractivity contribution >= 4 is 116 Å². The standard InChI is InChI=1S/C20H18F2N4.C19H16F2N4O.C19H16F2N4.C18H14F2N4/c1-26-10-2-9-23-20(26)15-11-16-18(24-25-19(16)12-17(15)22)8-5-13-3-6-14(21)7-4-13;20-12-4-1-11(2-5-12)3-6-17-15-7-14(16(21)8-18(15)25-24-17)19-22-9-13(26)10-23-19;20-13-5-2-12(3-6-13)4-7-17-15-10-14(19-22-8-1-9-23-19)16(21)11-18(15)25-24-17;19-13-4-1-11(2-5-13)3-6-16-14-9-12(18-21-7-8-22-18)10-15(20)17(14)24-23-16/h3-8,11-12H,2,9-10H2,1H3,(H,24,25);1-8,13,26H,9-10H2,(H,22,23)(H,24,25);2-7,10-11H,1,8-9H2,(H,22,23)(H,24,25);1-6,9-10H,7-8H2,(H,21,22)(H,23,24)/b8-5+;6-3+;7-4+;6-3+. The summed E-state index contributed by atoms with van der Waals surface area (Å²) < 4.78 is 110. The molecule has 0 saturated heterocycles. The molecule has 4 aliphatic rings. The number of hydrogen-bond acceptors (Lipinski definition) is 13. The Morgan fingerprint density at radius 2 is 0.851 bits per heavy atom. The van der Waals surface area contributed by atoms with Crippen LogP contribution in [0.1, 0.15) is 80.1 Å². The van der Waals surface area contributed by atoms with Gasteiger partial charge in [-0.25, -0.2) is 35.1 Å². The van der Waals surface area contributed by atoms with E-state index in [0.29, 0.717) is 116 Å². The number of rotatable bonds is 12. The predicted molar refractivity (Wildman–Crippen MR) is 383 cm³/mol. The molecule has 0 fully saturated rings. The SMILES string of the molecule is CN1CCCN=C1c1cc2c(/C=C/c3ccc(F)cc3)n[nH]c2cc1F.Fc1ccc(/C=C/c2[nH]nc3c(F)cc(C4=NCCN4)cc23)cc1.Fc1ccc(/C=C/c2n[nH]c3cc(F)c(C4=NCCCN4)cc23)cc1.OC1CN=C(c2cc3c(/C=C/c4ccc(F)cc4)n[nH]c3cc2F)NC1. The van der Waals surface area contributed by atoms with Gasteiger partial charge in [0.25, 0.3) is 0 Å². The van der Waals surface area contributed by atoms with Crippen LogP contribution in [0.5, 0.6) is 0 Å². The Hall–Kier alpha value is -12.1. The van der Waals surface area contributed by atoms with Crippen molar-refractivity contribution in [3.63, 3.8) is 0 Å². The summed E-state index contributed by atoms with van der Waals surface area (Å²) in [6, 6.07) is 37.4. The van der Waals surface area contributed by atoms with Crippen LogP contribution in [0.2, 0.25) is 0 Å². The van der Waals surface area contributed by atoms with Gasteiger partial charge in [0.05, 0.1) is 75.2 Å². The molecular weight excluding hydrogens is 1300 g/mol. The number of aliphatic hydroxyl groups is 1. The molecule has 1 atom stereocenters. The van der Waals surface area contributed by atoms with E-state index >= 15 is 0 Å². The summed E-state index contributed by atoms with van der Waals surface area (Å²) in [5.41, 5.74) is 10.2. The fourth-order valence-electron chi connectivity index (χ4n) is 11.5. The van der Waals surface area contributed by atoms with E-state index in [0.717, 1.165) is 70.9 Å². The van der Waals surface area contributed by atoms with Crippen LogP contribution >= 0.6 is 0 Å². The molecule has 8 aromatic carbocycles. The van der Waals surface area contributed by atoms with Crippen molar-refractivity contribution in [1.29, 1.82) is 0 Å². The number of aromatic amines is 4. The minimum absolute atomic E-state index is 0.239. The average Bonchev–Trinajstić information content (AvgIpc) is 1.74. The Morgan fingerprint density at radius 3 is 1.30 bits per heavy atom. The van der Waals surface area contributed by atoms with Gasteiger partial charge in [0.1, 0.15) is 69.6 Å². The lowest BCUT2D eigenvalue weighted by Gasteiger charge is -2.25. The molecule has 4 aromatic heterocycles. The Morgan fingerprint density at radius 1 is 0.406 bits per heavy atom. The van der Waals surface area contributed by atoms with E-state index in [9.17, 15) is 40.2 Å². The van der Waals surface area contributed by atoms with Crippen molar-refractivity contribution in [2.45, 2.75) is 18.9 Å². The summed E-state index contributed by atoms with van der Waals surface area (Å²) in [4.78, 5) is 19.3. The lowest BCUT2D eigenvalue weighted by molar-refractivity contribution is 0.181. The summed E-state index contributed by atoms with van der Waals surface area (Å²) in [6.07, 6.45) is 15.9. The van der Waals surface area contributed by atoms with Crippen molar-refractivity contribution < 1.29 is 40.2 Å². The molecular formula is C76H64F8N16O. The zero-order valence-corrected chi connectivity index (χ0v) is 54.1. The van der Waals surface area contributed by atoms with Crippen LogP contribution in [0.3, 0.4) is 0 Å². The Kier molecular flexibility index (Phi) is 20.5. The van der Waals surface area contributed by atoms with Gasteiger partial charge in [-0.05, 0) is 138 Å². The number of aliphatic imine (C=N–C) groups is 4. The normalized spacial score (nSPS) is 15.4. The molecule has 0 spiro atoms. The number of fused-ring (bicyclic) bond motifs is 4. The number of H-pyrrole nitrogens is 4. The largest absolute Gasteiger partial charge is 0.389 e. The molecule has 0 saturated carbocycles. The molecule has 12 aromatic rings. The first-order valence-corrected chi connectivity index (χ1v) is 32.4. The minimum Gasteiger partial charge on any atom is -0.389 e. The molecule has 0 aliphatic carbocycles. The summed E-state index contributed by atoms with van der Waals surface area (Å²) in [5, 5.41) is 49.9. The third-order valence-electron chi connectivity index (χ3n) is 16.7. The van der Waals surface area contributed by atoms with Gasteiger partial charge < -0.3 is 26.0 Å². The monoisotopic (exact) mass is 1370 g/mol. The highest BCUT2D eigenvalue weighted by Crippen LogP contribution is 2.29. The number of amidine groups is 4. The molecule has 0 radical (unpaired) electrons. The number of nitrogens with zero attached hydrogens (tertiary/aromatic N) is 9. The molecule has 4 aliphatic heterocycles. The van der Waals surface area contributed by atoms with Gasteiger partial charge in [0.2, 0.25) is 0 Å². The van der Waals surface area contributed by atoms with Gasteiger partial charge in [-0.3, -0.25) is 40.4 Å². The van der Waals surface area contributed by atoms with E-state index < -0.39 is 17.7 Å². The summed E-state index contributed by atoms with van der Waals surface area (Å²) in [7, 11) is 1.92. The molecule has 16 rings (SSSR count). The fraction of sp³-hybridized carbons (Fsp3) is 0.158. The first kappa shape index (κ1) is 67.4. The predicted octanol–water partition coefficient (Wildman–Crippen LogP) is 13.9. The van der Waals surface area contributed by atoms with E-state index in [1.54, 1.807) is 78.9 Å². The first-order chi connectivity index (χ1) is 49.1. The Balaban J connectivity index is 0.000000120. The Labute approximate surface area is 572 Å². The number of nitrogens with one attached hydrogen (secondary N) is 7. The maximum Gasteiger partial charge on any atom is 0.152 e. The third kappa shape index (κ3) is 16.2. The van der Waals surface area contributed by atoms with Gasteiger partial charge in [-0.15, -0.1) is 0 Å². The van der Waals surface area contributed by atoms with E-state index in [4.69, 9.17) is 0 Å². The van der Waals surface area contributed by atoms with E-state index in [2.05, 4.69) is 76.7 Å². The molecule has 510 valence electrons. The van der Waals surface area contributed by atoms with Crippen LogP contribution in [0.4, 0.5) is 35.1 Å². The number of β-amino-alcohol motifs (C(OH)–C–C–N with tert-alkyl or cyclic N) is 1. The van der Waals surface area contributed by atoms with Gasteiger partial charge in [-0.2, -0.15) is 20.4 Å². The van der Waals surface area contributed by atoms with Crippen LogP contribution < -0.4 is 16.0 Å². The molecule has 8 heterocycles. The minimum atomic E-state index is -0.561. The topological polar surface area (TPSA) is 224 Å². The van der Waals surface area contributed by atoms with Crippen LogP contribution in [-0.4, -0.2) is 140 Å². The lowest BCUT2D eigenvalue weighted by Crippen LogP contribution is -2.39. The summed E-state index contributed by atoms with van der Waals surface area (Å²) >= 11 is 0. The van der Waals surface area contributed by atoms with E-state index in [1.807, 2.05) is 54.5 Å². The van der Waals surface area contributed by atoms with Gasteiger partial charge >= 0.3 is 0 Å². The van der Waals surface area contributed by atoms with Crippen LogP contribution in [-0.2, 0) is 0 Å². The van der Waals surface area contributed by atoms with Crippen LogP contribution in [0.15, 0.2) is 166 Å². The van der Waals surface area contributed by atoms with Crippen molar-refractivity contribution in [2.75, 3.05) is 59.4 Å². The first-order valence-electron chi connectivity index (χ1n) is 32.4. The van der Waals surface area contributed by atoms with Crippen molar-refractivity contribution in [3.8, 4) is 0 Å². The van der Waals surface area contributed by atoms with Gasteiger partial charge in [0.15, 0.2) is 5.82 Å². The summed E-state index contributed by atoms with van der Waals surface area (Å²) in [5.74, 6) is -0.210. The highest BCUT2D eigenvalue weighted by molar-refractivity contribution is 6.07. The summed E-state index contributed by atoms with van der Waals surface area (Å²) in [6.45, 7) is 5.08. The van der Waals surface area contributed by atoms with Crippen molar-refractivity contribution in [2.24, 2.45) is 20.0 Å². The van der Waals surface area contributed by atoms with Crippen molar-refractivity contribution in [3.05, 3.63) is 259 Å². The molecule has 25 heteroatoms. The smallest absolute Gasteiger partial charge is 0.152 e. The number of hydrogen-bond donors (Lipinski definition) is 8. The maximum atomic E-state index is 14.6. The van der Waals surface area contributed by atoms with Crippen LogP contribution in [0, 0.1) is 46.5 Å². The molecule has 17 nitrogen and oxygen atoms in total. The number of benzene rings is 8.